The highest BCUT2D eigenvalue weighted by atomic mass is 16.7. The van der Waals surface area contributed by atoms with Crippen LogP contribution in [0.1, 0.15) is 50.5 Å². The summed E-state index contributed by atoms with van der Waals surface area (Å²) < 4.78 is 16.1. The van der Waals surface area contributed by atoms with Gasteiger partial charge in [0.25, 0.3) is 5.91 Å². The average molecular weight is 356 g/mol. The molecule has 1 aliphatic heterocycles. The molecule has 0 bridgehead atoms. The predicted octanol–water partition coefficient (Wildman–Crippen LogP) is 4.01. The van der Waals surface area contributed by atoms with E-state index in [4.69, 9.17) is 14.0 Å². The van der Waals surface area contributed by atoms with Gasteiger partial charge in [-0.05, 0) is 48.8 Å². The molecule has 2 atom stereocenters. The van der Waals surface area contributed by atoms with Gasteiger partial charge in [-0.3, -0.25) is 4.79 Å². The molecule has 1 N–H and O–H groups in total. The molecule has 0 unspecified atom stereocenters. The van der Waals surface area contributed by atoms with Gasteiger partial charge in [-0.25, -0.2) is 0 Å². The van der Waals surface area contributed by atoms with Crippen LogP contribution in [-0.4, -0.2) is 23.9 Å². The Morgan fingerprint density at radius 2 is 2.00 bits per heavy atom. The Labute approximate surface area is 152 Å². The SMILES string of the molecule is C[C@@H]1C[C@H](NC(=O)c2cc(-c3ccc4c(c3)OCO4)on2)CC(C)(C)C1. The highest BCUT2D eigenvalue weighted by Gasteiger charge is 2.33. The highest BCUT2D eigenvalue weighted by molar-refractivity contribution is 5.93. The molecular formula is C20H24N2O4. The minimum atomic E-state index is -0.185. The maximum absolute atomic E-state index is 12.6. The van der Waals surface area contributed by atoms with Crippen LogP contribution in [0.4, 0.5) is 0 Å². The molecule has 1 aliphatic carbocycles. The summed E-state index contributed by atoms with van der Waals surface area (Å²) in [5.41, 5.74) is 1.35. The lowest BCUT2D eigenvalue weighted by molar-refractivity contribution is 0.0865. The van der Waals surface area contributed by atoms with Crippen molar-refractivity contribution in [1.29, 1.82) is 0 Å². The molecule has 1 amide bonds. The van der Waals surface area contributed by atoms with E-state index in [9.17, 15) is 4.79 Å². The van der Waals surface area contributed by atoms with E-state index in [2.05, 4.69) is 31.2 Å². The van der Waals surface area contributed by atoms with E-state index in [1.54, 1.807) is 6.07 Å². The topological polar surface area (TPSA) is 73.6 Å². The highest BCUT2D eigenvalue weighted by Crippen LogP contribution is 2.39. The Morgan fingerprint density at radius 1 is 1.19 bits per heavy atom. The second-order valence-electron chi connectivity index (χ2n) is 8.23. The Hall–Kier alpha value is -2.50. The second kappa shape index (κ2) is 6.34. The van der Waals surface area contributed by atoms with Crippen LogP contribution >= 0.6 is 0 Å². The van der Waals surface area contributed by atoms with Crippen LogP contribution in [0.25, 0.3) is 11.3 Å². The van der Waals surface area contributed by atoms with Crippen molar-refractivity contribution in [3.05, 3.63) is 30.0 Å². The number of amides is 1. The molecule has 2 aromatic rings. The summed E-state index contributed by atoms with van der Waals surface area (Å²) in [5.74, 6) is 2.33. The van der Waals surface area contributed by atoms with E-state index in [0.717, 1.165) is 18.4 Å². The molecule has 1 saturated carbocycles. The molecule has 4 rings (SSSR count). The summed E-state index contributed by atoms with van der Waals surface area (Å²) >= 11 is 0. The number of nitrogens with one attached hydrogen (secondary N) is 1. The van der Waals surface area contributed by atoms with Crippen LogP contribution in [-0.2, 0) is 0 Å². The fourth-order valence-corrected chi connectivity index (χ4v) is 4.28. The summed E-state index contributed by atoms with van der Waals surface area (Å²) in [6.07, 6.45) is 3.18. The first kappa shape index (κ1) is 16.9. The molecule has 0 saturated heterocycles. The van der Waals surface area contributed by atoms with Crippen molar-refractivity contribution in [2.24, 2.45) is 11.3 Å². The van der Waals surface area contributed by atoms with E-state index in [1.165, 1.54) is 6.42 Å². The molecule has 26 heavy (non-hydrogen) atoms. The number of rotatable bonds is 3. The maximum Gasteiger partial charge on any atom is 0.273 e. The number of aromatic nitrogens is 1. The molecule has 6 heteroatoms. The number of nitrogens with zero attached hydrogens (tertiary/aromatic N) is 1. The summed E-state index contributed by atoms with van der Waals surface area (Å²) in [6.45, 7) is 6.98. The van der Waals surface area contributed by atoms with Gasteiger partial charge in [0.15, 0.2) is 23.0 Å². The molecule has 2 aliphatic rings. The van der Waals surface area contributed by atoms with Crippen molar-refractivity contribution >= 4 is 5.91 Å². The largest absolute Gasteiger partial charge is 0.454 e. The Morgan fingerprint density at radius 3 is 2.81 bits per heavy atom. The number of fused-ring (bicyclic) bond motifs is 1. The minimum absolute atomic E-state index is 0.173. The fourth-order valence-electron chi connectivity index (χ4n) is 4.28. The third kappa shape index (κ3) is 3.41. The summed E-state index contributed by atoms with van der Waals surface area (Å²) in [4.78, 5) is 12.6. The molecule has 138 valence electrons. The first-order valence-corrected chi connectivity index (χ1v) is 9.07. The summed E-state index contributed by atoms with van der Waals surface area (Å²) in [6, 6.07) is 7.36. The van der Waals surface area contributed by atoms with Gasteiger partial charge in [0.2, 0.25) is 6.79 Å². The second-order valence-corrected chi connectivity index (χ2v) is 8.23. The first-order chi connectivity index (χ1) is 12.4. The van der Waals surface area contributed by atoms with Gasteiger partial charge < -0.3 is 19.3 Å². The average Bonchev–Trinajstić information content (AvgIpc) is 3.21. The van der Waals surface area contributed by atoms with Crippen LogP contribution in [0, 0.1) is 11.3 Å². The van der Waals surface area contributed by atoms with Crippen LogP contribution in [0.2, 0.25) is 0 Å². The molecule has 1 aromatic heterocycles. The van der Waals surface area contributed by atoms with Gasteiger partial charge in [-0.2, -0.15) is 0 Å². The number of ether oxygens (including phenoxy) is 2. The van der Waals surface area contributed by atoms with Crippen molar-refractivity contribution in [1.82, 2.24) is 10.5 Å². The number of carbonyl (C=O) groups is 1. The molecule has 1 aromatic carbocycles. The monoisotopic (exact) mass is 356 g/mol. The van der Waals surface area contributed by atoms with Crippen molar-refractivity contribution < 1.29 is 18.8 Å². The third-order valence-electron chi connectivity index (χ3n) is 5.12. The normalized spacial score (nSPS) is 23.7. The van der Waals surface area contributed by atoms with Crippen molar-refractivity contribution in [2.75, 3.05) is 6.79 Å². The maximum atomic E-state index is 12.6. The van der Waals surface area contributed by atoms with E-state index in [0.29, 0.717) is 28.9 Å². The molecule has 0 radical (unpaired) electrons. The zero-order chi connectivity index (χ0) is 18.3. The van der Waals surface area contributed by atoms with E-state index >= 15 is 0 Å². The van der Waals surface area contributed by atoms with E-state index in [-0.39, 0.29) is 24.2 Å². The lowest BCUT2D eigenvalue weighted by Crippen LogP contribution is -2.43. The van der Waals surface area contributed by atoms with Crippen LogP contribution in [0.5, 0.6) is 11.5 Å². The van der Waals surface area contributed by atoms with Crippen molar-refractivity contribution in [2.45, 2.75) is 46.1 Å². The number of hydrogen-bond acceptors (Lipinski definition) is 5. The lowest BCUT2D eigenvalue weighted by atomic mass is 9.70. The third-order valence-corrected chi connectivity index (χ3v) is 5.12. The van der Waals surface area contributed by atoms with E-state index < -0.39 is 0 Å². The Kier molecular flexibility index (Phi) is 4.13. The summed E-state index contributed by atoms with van der Waals surface area (Å²) in [7, 11) is 0. The standard InChI is InChI=1S/C20H24N2O4/c1-12-6-14(10-20(2,3)9-12)21-19(23)15-8-17(26-22-15)13-4-5-16-18(7-13)25-11-24-16/h4-5,7-8,12,14H,6,9-11H2,1-3H3,(H,21,23)/t12-,14+/m1/s1. The smallest absolute Gasteiger partial charge is 0.273 e. The number of benzene rings is 1. The minimum Gasteiger partial charge on any atom is -0.454 e. The number of carbonyl (C=O) groups excluding carboxylic acids is 1. The van der Waals surface area contributed by atoms with Gasteiger partial charge in [0.05, 0.1) is 0 Å². The van der Waals surface area contributed by atoms with E-state index in [1.807, 2.05) is 18.2 Å². The zero-order valence-corrected chi connectivity index (χ0v) is 15.4. The van der Waals surface area contributed by atoms with Crippen molar-refractivity contribution in [3.63, 3.8) is 0 Å². The van der Waals surface area contributed by atoms with Crippen LogP contribution in [0.15, 0.2) is 28.8 Å². The summed E-state index contributed by atoms with van der Waals surface area (Å²) in [5, 5.41) is 7.07. The number of hydrogen-bond donors (Lipinski definition) is 1. The quantitative estimate of drug-likeness (QED) is 0.899. The van der Waals surface area contributed by atoms with Gasteiger partial charge in [0.1, 0.15) is 0 Å². The molecule has 2 heterocycles. The molecule has 6 nitrogen and oxygen atoms in total. The predicted molar refractivity (Wildman–Crippen MR) is 96.1 cm³/mol. The first-order valence-electron chi connectivity index (χ1n) is 9.07. The van der Waals surface area contributed by atoms with Crippen molar-refractivity contribution in [3.8, 4) is 22.8 Å². The Bertz CT molecular complexity index is 827. The molecular weight excluding hydrogens is 332 g/mol. The molecule has 1 fully saturated rings. The van der Waals surface area contributed by atoms with Crippen LogP contribution < -0.4 is 14.8 Å². The van der Waals surface area contributed by atoms with Gasteiger partial charge >= 0.3 is 0 Å². The van der Waals surface area contributed by atoms with Crippen LogP contribution in [0.3, 0.4) is 0 Å². The fraction of sp³-hybridized carbons (Fsp3) is 0.500. The molecule has 0 spiro atoms. The van der Waals surface area contributed by atoms with Gasteiger partial charge in [0, 0.05) is 17.7 Å². The van der Waals surface area contributed by atoms with Gasteiger partial charge in [-0.1, -0.05) is 25.9 Å². The van der Waals surface area contributed by atoms with Gasteiger partial charge in [-0.15, -0.1) is 0 Å². The lowest BCUT2D eigenvalue weighted by Gasteiger charge is -2.39. The Balaban J connectivity index is 1.46. The zero-order valence-electron chi connectivity index (χ0n) is 15.4.